The van der Waals surface area contributed by atoms with Crippen LogP contribution >= 0.6 is 0 Å². The van der Waals surface area contributed by atoms with Gasteiger partial charge in [0.2, 0.25) is 5.91 Å². The number of rotatable bonds is 6. The van der Waals surface area contributed by atoms with E-state index < -0.39 is 0 Å². The van der Waals surface area contributed by atoms with Gasteiger partial charge in [-0.15, -0.1) is 0 Å². The molecule has 0 spiro atoms. The summed E-state index contributed by atoms with van der Waals surface area (Å²) in [4.78, 5) is 14.2. The highest BCUT2D eigenvalue weighted by Crippen LogP contribution is 2.19. The molecule has 4 heteroatoms. The molecule has 0 heterocycles. The number of benzene rings is 1. The number of likely N-dealkylation sites (N-methyl/N-ethyl adjacent to an activating group) is 1. The maximum atomic E-state index is 12.2. The number of carbonyl (C=O) groups excluding carboxylic acids is 1. The van der Waals surface area contributed by atoms with Crippen LogP contribution in [0, 0.1) is 0 Å². The molecule has 3 N–H and O–H groups in total. The number of anilines is 2. The van der Waals surface area contributed by atoms with Crippen molar-refractivity contribution < 1.29 is 4.79 Å². The van der Waals surface area contributed by atoms with Crippen LogP contribution in [0.25, 0.3) is 0 Å². The van der Waals surface area contributed by atoms with Gasteiger partial charge < -0.3 is 16.0 Å². The van der Waals surface area contributed by atoms with Gasteiger partial charge in [0.25, 0.3) is 0 Å². The molecule has 4 nitrogen and oxygen atoms in total. The van der Waals surface area contributed by atoms with Crippen molar-refractivity contribution in [3.63, 3.8) is 0 Å². The summed E-state index contributed by atoms with van der Waals surface area (Å²) in [5.41, 5.74) is 7.50. The molecule has 1 aromatic rings. The van der Waals surface area contributed by atoms with Crippen molar-refractivity contribution in [1.82, 2.24) is 5.32 Å². The predicted octanol–water partition coefficient (Wildman–Crippen LogP) is 2.40. The van der Waals surface area contributed by atoms with Crippen LogP contribution in [0.1, 0.15) is 34.1 Å². The van der Waals surface area contributed by atoms with Crippen molar-refractivity contribution in [3.8, 4) is 0 Å². The van der Waals surface area contributed by atoms with E-state index in [0.717, 1.165) is 18.7 Å². The Morgan fingerprint density at radius 1 is 1.37 bits per heavy atom. The van der Waals surface area contributed by atoms with Crippen molar-refractivity contribution in [1.29, 1.82) is 0 Å². The summed E-state index contributed by atoms with van der Waals surface area (Å²) < 4.78 is 0. The molecule has 106 valence electrons. The Labute approximate surface area is 116 Å². The first kappa shape index (κ1) is 15.3. The SMILES string of the molecule is CCC(C)NC(=O)C(C)N(CC)c1cccc(N)c1. The molecule has 0 aliphatic rings. The zero-order valence-corrected chi connectivity index (χ0v) is 12.3. The van der Waals surface area contributed by atoms with Gasteiger partial charge >= 0.3 is 0 Å². The van der Waals surface area contributed by atoms with Crippen molar-refractivity contribution in [2.75, 3.05) is 17.2 Å². The Hall–Kier alpha value is -1.71. The number of nitrogen functional groups attached to an aromatic ring is 1. The van der Waals surface area contributed by atoms with Crippen molar-refractivity contribution in [2.24, 2.45) is 0 Å². The average Bonchev–Trinajstić information content (AvgIpc) is 2.39. The number of carbonyl (C=O) groups is 1. The Bertz CT molecular complexity index is 420. The molecular weight excluding hydrogens is 238 g/mol. The molecular formula is C15H25N3O. The number of amides is 1. The molecule has 0 aromatic heterocycles. The first-order chi connectivity index (χ1) is 8.99. The zero-order chi connectivity index (χ0) is 14.4. The highest BCUT2D eigenvalue weighted by Gasteiger charge is 2.21. The fourth-order valence-corrected chi connectivity index (χ4v) is 1.99. The summed E-state index contributed by atoms with van der Waals surface area (Å²) >= 11 is 0. The molecule has 2 atom stereocenters. The van der Waals surface area contributed by atoms with Crippen LogP contribution < -0.4 is 16.0 Å². The molecule has 2 unspecified atom stereocenters. The third-order valence-electron chi connectivity index (χ3n) is 3.39. The van der Waals surface area contributed by atoms with E-state index in [9.17, 15) is 4.79 Å². The number of nitrogens with one attached hydrogen (secondary N) is 1. The lowest BCUT2D eigenvalue weighted by molar-refractivity contribution is -0.122. The minimum atomic E-state index is -0.208. The van der Waals surface area contributed by atoms with Crippen LogP contribution in [0.3, 0.4) is 0 Å². The highest BCUT2D eigenvalue weighted by molar-refractivity contribution is 5.85. The van der Waals surface area contributed by atoms with E-state index in [2.05, 4.69) is 12.2 Å². The molecule has 1 amide bonds. The molecule has 19 heavy (non-hydrogen) atoms. The van der Waals surface area contributed by atoms with Crippen molar-refractivity contribution in [2.45, 2.75) is 46.2 Å². The zero-order valence-electron chi connectivity index (χ0n) is 12.3. The third-order valence-corrected chi connectivity index (χ3v) is 3.39. The second-order valence-corrected chi connectivity index (χ2v) is 4.87. The van der Waals surface area contributed by atoms with E-state index in [1.165, 1.54) is 0 Å². The lowest BCUT2D eigenvalue weighted by atomic mass is 10.1. The highest BCUT2D eigenvalue weighted by atomic mass is 16.2. The minimum absolute atomic E-state index is 0.0543. The fraction of sp³-hybridized carbons (Fsp3) is 0.533. The minimum Gasteiger partial charge on any atom is -0.399 e. The smallest absolute Gasteiger partial charge is 0.242 e. The van der Waals surface area contributed by atoms with Gasteiger partial charge in [-0.3, -0.25) is 4.79 Å². The molecule has 0 radical (unpaired) electrons. The first-order valence-electron chi connectivity index (χ1n) is 6.92. The standard InChI is InChI=1S/C15H25N3O/c1-5-11(3)17-15(19)12(4)18(6-2)14-9-7-8-13(16)10-14/h7-12H,5-6,16H2,1-4H3,(H,17,19). The average molecular weight is 263 g/mol. The van der Waals surface area contributed by atoms with E-state index in [1.807, 2.05) is 49.9 Å². The Kier molecular flexibility index (Phi) is 5.67. The Morgan fingerprint density at radius 2 is 2.05 bits per heavy atom. The molecule has 0 aliphatic heterocycles. The number of nitrogens with two attached hydrogens (primary N) is 1. The van der Waals surface area contributed by atoms with Gasteiger partial charge in [-0.1, -0.05) is 13.0 Å². The molecule has 1 aromatic carbocycles. The van der Waals surface area contributed by atoms with Gasteiger partial charge in [-0.2, -0.15) is 0 Å². The number of hydrogen-bond acceptors (Lipinski definition) is 3. The summed E-state index contributed by atoms with van der Waals surface area (Å²) in [6.07, 6.45) is 0.933. The van der Waals surface area contributed by atoms with E-state index >= 15 is 0 Å². The van der Waals surface area contributed by atoms with Gasteiger partial charge in [0, 0.05) is 24.0 Å². The quantitative estimate of drug-likeness (QED) is 0.775. The molecule has 0 saturated heterocycles. The second kappa shape index (κ2) is 7.02. The van der Waals surface area contributed by atoms with E-state index in [1.54, 1.807) is 0 Å². The fourth-order valence-electron chi connectivity index (χ4n) is 1.99. The van der Waals surface area contributed by atoms with Crippen LogP contribution in [-0.2, 0) is 4.79 Å². The third kappa shape index (κ3) is 4.16. The summed E-state index contributed by atoms with van der Waals surface area (Å²) in [5, 5.41) is 3.02. The van der Waals surface area contributed by atoms with Crippen LogP contribution in [0.2, 0.25) is 0 Å². The molecule has 0 bridgehead atoms. The number of nitrogens with zero attached hydrogens (tertiary/aromatic N) is 1. The van der Waals surface area contributed by atoms with Gasteiger partial charge in [0.05, 0.1) is 0 Å². The van der Waals surface area contributed by atoms with Crippen molar-refractivity contribution in [3.05, 3.63) is 24.3 Å². The Morgan fingerprint density at radius 3 is 2.58 bits per heavy atom. The molecule has 0 fully saturated rings. The summed E-state index contributed by atoms with van der Waals surface area (Å²) in [6, 6.07) is 7.63. The number of hydrogen-bond donors (Lipinski definition) is 2. The maximum Gasteiger partial charge on any atom is 0.242 e. The molecule has 0 saturated carbocycles. The molecule has 0 aliphatic carbocycles. The van der Waals surface area contributed by atoms with E-state index in [4.69, 9.17) is 5.73 Å². The Balaban J connectivity index is 2.82. The summed E-state index contributed by atoms with van der Waals surface area (Å²) in [5.74, 6) is 0.0543. The van der Waals surface area contributed by atoms with Crippen molar-refractivity contribution >= 4 is 17.3 Å². The van der Waals surface area contributed by atoms with Gasteiger partial charge in [0.15, 0.2) is 0 Å². The van der Waals surface area contributed by atoms with Crippen LogP contribution in [0.5, 0.6) is 0 Å². The lowest BCUT2D eigenvalue weighted by Gasteiger charge is -2.30. The van der Waals surface area contributed by atoms with Gasteiger partial charge in [-0.25, -0.2) is 0 Å². The predicted molar refractivity (Wildman–Crippen MR) is 81.2 cm³/mol. The monoisotopic (exact) mass is 263 g/mol. The summed E-state index contributed by atoms with van der Waals surface area (Å²) in [7, 11) is 0. The van der Waals surface area contributed by atoms with Gasteiger partial charge in [0.1, 0.15) is 6.04 Å². The van der Waals surface area contributed by atoms with Crippen LogP contribution in [-0.4, -0.2) is 24.5 Å². The maximum absolute atomic E-state index is 12.2. The van der Waals surface area contributed by atoms with Gasteiger partial charge in [-0.05, 0) is 45.4 Å². The normalized spacial score (nSPS) is 13.7. The molecule has 1 rings (SSSR count). The second-order valence-electron chi connectivity index (χ2n) is 4.87. The largest absolute Gasteiger partial charge is 0.399 e. The van der Waals surface area contributed by atoms with Crippen LogP contribution in [0.15, 0.2) is 24.3 Å². The van der Waals surface area contributed by atoms with E-state index in [0.29, 0.717) is 5.69 Å². The topological polar surface area (TPSA) is 58.4 Å². The summed E-state index contributed by atoms with van der Waals surface area (Å²) in [6.45, 7) is 8.80. The first-order valence-corrected chi connectivity index (χ1v) is 6.92. The lowest BCUT2D eigenvalue weighted by Crippen LogP contribution is -2.47. The van der Waals surface area contributed by atoms with Crippen LogP contribution in [0.4, 0.5) is 11.4 Å². The van der Waals surface area contributed by atoms with E-state index in [-0.39, 0.29) is 18.0 Å².